The average Bonchev–Trinajstić information content (AvgIpc) is 2.94. The van der Waals surface area contributed by atoms with Gasteiger partial charge >= 0.3 is 0 Å². The Hall–Kier alpha value is -0.0700. The minimum atomic E-state index is 0.178. The van der Waals surface area contributed by atoms with E-state index in [1.807, 2.05) is 11.4 Å². The van der Waals surface area contributed by atoms with E-state index in [0.717, 1.165) is 21.1 Å². The van der Waals surface area contributed by atoms with E-state index in [1.54, 1.807) is 29.8 Å². The van der Waals surface area contributed by atoms with Crippen molar-refractivity contribution in [2.75, 3.05) is 13.7 Å². The minimum Gasteiger partial charge on any atom is -0.496 e. The van der Waals surface area contributed by atoms with Crippen molar-refractivity contribution in [3.05, 3.63) is 36.1 Å². The molecule has 1 unspecified atom stereocenters. The summed E-state index contributed by atoms with van der Waals surface area (Å²) in [5.74, 6) is 0.902. The van der Waals surface area contributed by atoms with E-state index in [9.17, 15) is 0 Å². The lowest BCUT2D eigenvalue weighted by molar-refractivity contribution is 0.416. The van der Waals surface area contributed by atoms with E-state index in [-0.39, 0.29) is 6.04 Å². The second-order valence-electron chi connectivity index (χ2n) is 3.65. The molecule has 0 amide bonds. The van der Waals surface area contributed by atoms with Gasteiger partial charge in [-0.2, -0.15) is 0 Å². The summed E-state index contributed by atoms with van der Waals surface area (Å²) in [5, 5.41) is 6.26. The van der Waals surface area contributed by atoms with Crippen molar-refractivity contribution in [2.45, 2.75) is 13.0 Å². The van der Waals surface area contributed by atoms with Crippen LogP contribution in [-0.4, -0.2) is 13.7 Å². The molecule has 2 aromatic rings. The van der Waals surface area contributed by atoms with Gasteiger partial charge in [-0.05, 0) is 34.6 Å². The van der Waals surface area contributed by atoms with Gasteiger partial charge in [0.15, 0.2) is 0 Å². The third-order valence-corrected chi connectivity index (χ3v) is 5.99. The molecular formula is C12H13BrClNOS2. The maximum absolute atomic E-state index is 6.11. The quantitative estimate of drug-likeness (QED) is 0.810. The molecule has 0 bridgehead atoms. The second-order valence-corrected chi connectivity index (χ2v) is 7.40. The van der Waals surface area contributed by atoms with E-state index < -0.39 is 0 Å². The van der Waals surface area contributed by atoms with Gasteiger partial charge in [-0.3, -0.25) is 0 Å². The Balaban J connectivity index is 2.32. The van der Waals surface area contributed by atoms with Crippen LogP contribution in [0.2, 0.25) is 5.02 Å². The molecule has 0 aliphatic carbocycles. The number of halogens is 2. The Morgan fingerprint density at radius 2 is 2.22 bits per heavy atom. The zero-order chi connectivity index (χ0) is 13.1. The van der Waals surface area contributed by atoms with Crippen molar-refractivity contribution < 1.29 is 4.74 Å². The first-order valence-corrected chi connectivity index (χ1v) is 8.33. The van der Waals surface area contributed by atoms with Crippen LogP contribution in [0, 0.1) is 0 Å². The van der Waals surface area contributed by atoms with E-state index >= 15 is 0 Å². The van der Waals surface area contributed by atoms with Crippen LogP contribution in [0.3, 0.4) is 0 Å². The van der Waals surface area contributed by atoms with Crippen molar-refractivity contribution in [3.8, 4) is 5.75 Å². The fourth-order valence-corrected chi connectivity index (χ4v) is 4.51. The van der Waals surface area contributed by atoms with E-state index in [2.05, 4.69) is 34.2 Å². The monoisotopic (exact) mass is 365 g/mol. The molecular weight excluding hydrogens is 354 g/mol. The molecule has 0 aliphatic heterocycles. The van der Waals surface area contributed by atoms with Crippen LogP contribution in [0.15, 0.2) is 21.3 Å². The molecule has 6 heteroatoms. The molecule has 18 heavy (non-hydrogen) atoms. The number of rotatable bonds is 5. The first kappa shape index (κ1) is 14.3. The van der Waals surface area contributed by atoms with Gasteiger partial charge in [0.25, 0.3) is 0 Å². The zero-order valence-corrected chi connectivity index (χ0v) is 14.0. The fraction of sp³-hybridized carbons (Fsp3) is 0.333. The standard InChI is InChI=1S/C12H13BrClNOS2/c1-3-15-11(9-4-7(16-2)6-17-9)10-5-8(14)12(13)18-10/h4-6,11,15H,3H2,1-2H3. The van der Waals surface area contributed by atoms with E-state index in [1.165, 1.54) is 9.75 Å². The average molecular weight is 367 g/mol. The van der Waals surface area contributed by atoms with Gasteiger partial charge in [0.2, 0.25) is 0 Å². The highest BCUT2D eigenvalue weighted by molar-refractivity contribution is 9.11. The lowest BCUT2D eigenvalue weighted by Gasteiger charge is -2.14. The predicted molar refractivity (Wildman–Crippen MR) is 83.4 cm³/mol. The molecule has 2 aromatic heterocycles. The number of nitrogens with one attached hydrogen (secondary N) is 1. The summed E-state index contributed by atoms with van der Waals surface area (Å²) >= 11 is 12.9. The van der Waals surface area contributed by atoms with Crippen LogP contribution in [-0.2, 0) is 0 Å². The third kappa shape index (κ3) is 3.08. The number of hydrogen-bond acceptors (Lipinski definition) is 4. The molecule has 0 aromatic carbocycles. The highest BCUT2D eigenvalue weighted by Gasteiger charge is 2.19. The topological polar surface area (TPSA) is 21.3 Å². The zero-order valence-electron chi connectivity index (χ0n) is 10.00. The Labute approximate surface area is 128 Å². The summed E-state index contributed by atoms with van der Waals surface area (Å²) in [6, 6.07) is 4.26. The molecule has 0 fully saturated rings. The molecule has 0 aliphatic rings. The summed E-state index contributed by atoms with van der Waals surface area (Å²) < 4.78 is 6.22. The van der Waals surface area contributed by atoms with Gasteiger partial charge in [0.1, 0.15) is 5.75 Å². The maximum atomic E-state index is 6.11. The minimum absolute atomic E-state index is 0.178. The number of hydrogen-bond donors (Lipinski definition) is 1. The first-order chi connectivity index (χ1) is 8.65. The van der Waals surface area contributed by atoms with Gasteiger partial charge in [-0.1, -0.05) is 18.5 Å². The van der Waals surface area contributed by atoms with Crippen molar-refractivity contribution >= 4 is 50.2 Å². The highest BCUT2D eigenvalue weighted by atomic mass is 79.9. The second kappa shape index (κ2) is 6.39. The molecule has 0 saturated heterocycles. The number of thiophene rings is 2. The van der Waals surface area contributed by atoms with Crippen molar-refractivity contribution in [1.82, 2.24) is 5.32 Å². The van der Waals surface area contributed by atoms with Crippen LogP contribution < -0.4 is 10.1 Å². The first-order valence-electron chi connectivity index (χ1n) is 5.46. The molecule has 98 valence electrons. The van der Waals surface area contributed by atoms with Crippen LogP contribution in [0.25, 0.3) is 0 Å². The summed E-state index contributed by atoms with van der Waals surface area (Å²) in [7, 11) is 1.69. The highest BCUT2D eigenvalue weighted by Crippen LogP contribution is 2.39. The number of methoxy groups -OCH3 is 1. The molecule has 0 spiro atoms. The van der Waals surface area contributed by atoms with Crippen LogP contribution in [0.4, 0.5) is 0 Å². The van der Waals surface area contributed by atoms with E-state index in [0.29, 0.717) is 0 Å². The Morgan fingerprint density at radius 3 is 2.72 bits per heavy atom. The maximum Gasteiger partial charge on any atom is 0.129 e. The Kier molecular flexibility index (Phi) is 5.09. The summed E-state index contributed by atoms with van der Waals surface area (Å²) in [6.07, 6.45) is 0. The van der Waals surface area contributed by atoms with Crippen LogP contribution in [0.1, 0.15) is 22.7 Å². The van der Waals surface area contributed by atoms with Crippen molar-refractivity contribution in [3.63, 3.8) is 0 Å². The molecule has 1 atom stereocenters. The normalized spacial score (nSPS) is 12.7. The van der Waals surface area contributed by atoms with Crippen molar-refractivity contribution in [2.24, 2.45) is 0 Å². The van der Waals surface area contributed by atoms with Gasteiger partial charge in [0.05, 0.1) is 22.0 Å². The third-order valence-electron chi connectivity index (χ3n) is 2.47. The molecule has 0 saturated carbocycles. The Bertz CT molecular complexity index is 506. The van der Waals surface area contributed by atoms with Gasteiger partial charge < -0.3 is 10.1 Å². The van der Waals surface area contributed by atoms with Gasteiger partial charge in [-0.25, -0.2) is 0 Å². The largest absolute Gasteiger partial charge is 0.496 e. The molecule has 1 N–H and O–H groups in total. The van der Waals surface area contributed by atoms with Crippen LogP contribution >= 0.6 is 50.2 Å². The fourth-order valence-electron chi connectivity index (χ4n) is 1.64. The van der Waals surface area contributed by atoms with Crippen molar-refractivity contribution in [1.29, 1.82) is 0 Å². The lowest BCUT2D eigenvalue weighted by atomic mass is 10.2. The molecule has 0 radical (unpaired) electrons. The Morgan fingerprint density at radius 1 is 1.44 bits per heavy atom. The summed E-state index contributed by atoms with van der Waals surface area (Å²) in [4.78, 5) is 2.44. The smallest absolute Gasteiger partial charge is 0.129 e. The summed E-state index contributed by atoms with van der Waals surface area (Å²) in [6.45, 7) is 3.00. The van der Waals surface area contributed by atoms with Gasteiger partial charge in [0, 0.05) is 15.1 Å². The van der Waals surface area contributed by atoms with E-state index in [4.69, 9.17) is 16.3 Å². The SMILES string of the molecule is CCNC(c1cc(OC)cs1)c1cc(Cl)c(Br)s1. The van der Waals surface area contributed by atoms with Crippen LogP contribution in [0.5, 0.6) is 5.75 Å². The predicted octanol–water partition coefficient (Wildman–Crippen LogP) is 4.93. The van der Waals surface area contributed by atoms with Gasteiger partial charge in [-0.15, -0.1) is 22.7 Å². The summed E-state index contributed by atoms with van der Waals surface area (Å²) in [5.41, 5.74) is 0. The lowest BCUT2D eigenvalue weighted by Crippen LogP contribution is -2.20. The molecule has 2 nitrogen and oxygen atoms in total. The molecule has 2 rings (SSSR count). The molecule has 2 heterocycles. The number of ether oxygens (including phenoxy) is 1.